The number of aromatic nitrogens is 2. The van der Waals surface area contributed by atoms with E-state index in [-0.39, 0.29) is 5.91 Å². The number of hydrogen-bond donors (Lipinski definition) is 2. The molecule has 1 aromatic carbocycles. The van der Waals surface area contributed by atoms with Crippen molar-refractivity contribution < 1.29 is 4.79 Å². The van der Waals surface area contributed by atoms with Gasteiger partial charge in [-0.05, 0) is 17.7 Å². The van der Waals surface area contributed by atoms with Crippen molar-refractivity contribution in [3.8, 4) is 0 Å². The van der Waals surface area contributed by atoms with E-state index in [2.05, 4.69) is 15.3 Å². The lowest BCUT2D eigenvalue weighted by atomic mass is 10.2. The molecule has 0 atom stereocenters. The van der Waals surface area contributed by atoms with Crippen LogP contribution in [0.1, 0.15) is 11.3 Å². The van der Waals surface area contributed by atoms with Gasteiger partial charge in [0.1, 0.15) is 0 Å². The molecule has 6 heteroatoms. The van der Waals surface area contributed by atoms with Crippen LogP contribution in [0.3, 0.4) is 0 Å². The minimum absolute atomic E-state index is 0.217. The van der Waals surface area contributed by atoms with Crippen molar-refractivity contribution in [2.45, 2.75) is 6.54 Å². The maximum atomic E-state index is 11.6. The Labute approximate surface area is 120 Å². The molecule has 0 saturated heterocycles. The molecule has 19 heavy (non-hydrogen) atoms. The van der Waals surface area contributed by atoms with E-state index in [9.17, 15) is 4.79 Å². The molecule has 0 unspecified atom stereocenters. The summed E-state index contributed by atoms with van der Waals surface area (Å²) in [4.78, 5) is 18.4. The third-order valence-electron chi connectivity index (χ3n) is 2.40. The van der Waals surface area contributed by atoms with Crippen molar-refractivity contribution in [1.82, 2.24) is 15.3 Å². The minimum atomic E-state index is -0.217. The zero-order chi connectivity index (χ0) is 13.7. The summed E-state index contributed by atoms with van der Waals surface area (Å²) >= 11 is 11.9. The summed E-state index contributed by atoms with van der Waals surface area (Å²) in [6, 6.07) is 5.25. The summed E-state index contributed by atoms with van der Waals surface area (Å²) in [5, 5.41) is 3.61. The highest BCUT2D eigenvalue weighted by Gasteiger charge is 2.02. The third kappa shape index (κ3) is 3.84. The molecule has 2 aromatic rings. The lowest BCUT2D eigenvalue weighted by Crippen LogP contribution is -2.20. The molecule has 0 aliphatic heterocycles. The smallest absolute Gasteiger partial charge is 0.244 e. The quantitative estimate of drug-likeness (QED) is 0.852. The van der Waals surface area contributed by atoms with Crippen molar-refractivity contribution in [2.24, 2.45) is 0 Å². The summed E-state index contributed by atoms with van der Waals surface area (Å²) in [7, 11) is 0. The molecule has 98 valence electrons. The van der Waals surface area contributed by atoms with Crippen LogP contribution in [0.25, 0.3) is 6.08 Å². The molecule has 0 fully saturated rings. The molecule has 0 saturated carbocycles. The Morgan fingerprint density at radius 1 is 1.42 bits per heavy atom. The number of imidazole rings is 1. The Hall–Kier alpha value is -1.78. The average molecular weight is 296 g/mol. The molecule has 0 aliphatic rings. The number of carbonyl (C=O) groups excluding carboxylic acids is 1. The number of hydrogen-bond acceptors (Lipinski definition) is 2. The molecule has 0 radical (unpaired) electrons. The predicted molar refractivity (Wildman–Crippen MR) is 75.9 cm³/mol. The maximum Gasteiger partial charge on any atom is 0.244 e. The summed E-state index contributed by atoms with van der Waals surface area (Å²) in [5.41, 5.74) is 1.54. The van der Waals surface area contributed by atoms with E-state index in [1.807, 2.05) is 0 Å². The van der Waals surface area contributed by atoms with Gasteiger partial charge in [-0.25, -0.2) is 4.98 Å². The van der Waals surface area contributed by atoms with Crippen molar-refractivity contribution in [1.29, 1.82) is 0 Å². The Morgan fingerprint density at radius 3 is 3.00 bits per heavy atom. The van der Waals surface area contributed by atoms with Crippen LogP contribution in [0.15, 0.2) is 36.8 Å². The molecular weight excluding hydrogens is 285 g/mol. The van der Waals surface area contributed by atoms with Crippen molar-refractivity contribution >= 4 is 35.2 Å². The van der Waals surface area contributed by atoms with Crippen molar-refractivity contribution in [3.63, 3.8) is 0 Å². The second kappa shape index (κ2) is 6.41. The topological polar surface area (TPSA) is 57.8 Å². The van der Waals surface area contributed by atoms with E-state index in [1.54, 1.807) is 36.8 Å². The van der Waals surface area contributed by atoms with Crippen LogP contribution < -0.4 is 5.32 Å². The lowest BCUT2D eigenvalue weighted by Gasteiger charge is -2.01. The summed E-state index contributed by atoms with van der Waals surface area (Å²) in [6.45, 7) is 0.395. The van der Waals surface area contributed by atoms with Gasteiger partial charge in [0.25, 0.3) is 0 Å². The van der Waals surface area contributed by atoms with E-state index in [1.165, 1.54) is 6.08 Å². The number of rotatable bonds is 4. The van der Waals surface area contributed by atoms with E-state index in [0.29, 0.717) is 22.2 Å². The molecular formula is C13H11Cl2N3O. The Balaban J connectivity index is 1.94. The first-order valence-corrected chi connectivity index (χ1v) is 6.29. The van der Waals surface area contributed by atoms with Crippen molar-refractivity contribution in [3.05, 3.63) is 58.1 Å². The predicted octanol–water partition coefficient (Wildman–Crippen LogP) is 3.05. The van der Waals surface area contributed by atoms with Gasteiger partial charge in [0.05, 0.1) is 28.6 Å². The minimum Gasteiger partial charge on any atom is -0.347 e. The molecule has 1 heterocycles. The van der Waals surface area contributed by atoms with E-state index < -0.39 is 0 Å². The first kappa shape index (κ1) is 13.6. The van der Waals surface area contributed by atoms with Crippen LogP contribution in [0.2, 0.25) is 10.0 Å². The summed E-state index contributed by atoms with van der Waals surface area (Å²) in [5.74, 6) is -0.217. The van der Waals surface area contributed by atoms with Gasteiger partial charge in [0.2, 0.25) is 5.91 Å². The van der Waals surface area contributed by atoms with Crippen molar-refractivity contribution in [2.75, 3.05) is 0 Å². The highest BCUT2D eigenvalue weighted by Crippen LogP contribution is 2.26. The summed E-state index contributed by atoms with van der Waals surface area (Å²) in [6.07, 6.45) is 6.24. The highest BCUT2D eigenvalue weighted by molar-refractivity contribution is 6.42. The fourth-order valence-corrected chi connectivity index (χ4v) is 1.81. The number of aromatic amines is 1. The Kier molecular flexibility index (Phi) is 4.60. The SMILES string of the molecule is O=C(C=Cc1cccc(Cl)c1Cl)NCc1cnc[nH]1. The van der Waals surface area contributed by atoms with Gasteiger partial charge in [0, 0.05) is 12.3 Å². The number of H-pyrrole nitrogens is 1. The lowest BCUT2D eigenvalue weighted by molar-refractivity contribution is -0.116. The van der Waals surface area contributed by atoms with Crippen LogP contribution in [-0.4, -0.2) is 15.9 Å². The van der Waals surface area contributed by atoms with Gasteiger partial charge < -0.3 is 10.3 Å². The number of carbonyl (C=O) groups is 1. The third-order valence-corrected chi connectivity index (χ3v) is 3.24. The summed E-state index contributed by atoms with van der Waals surface area (Å²) < 4.78 is 0. The first-order chi connectivity index (χ1) is 9.16. The molecule has 0 aliphatic carbocycles. The fourth-order valence-electron chi connectivity index (χ4n) is 1.44. The molecule has 2 N–H and O–H groups in total. The molecule has 1 aromatic heterocycles. The average Bonchev–Trinajstić information content (AvgIpc) is 2.91. The van der Waals surface area contributed by atoms with Crippen LogP contribution in [0.4, 0.5) is 0 Å². The largest absolute Gasteiger partial charge is 0.347 e. The van der Waals surface area contributed by atoms with Gasteiger partial charge in [-0.15, -0.1) is 0 Å². The van der Waals surface area contributed by atoms with Gasteiger partial charge in [-0.2, -0.15) is 0 Å². The number of amides is 1. The van der Waals surface area contributed by atoms with Crippen LogP contribution in [-0.2, 0) is 11.3 Å². The maximum absolute atomic E-state index is 11.6. The number of nitrogens with one attached hydrogen (secondary N) is 2. The number of nitrogens with zero attached hydrogens (tertiary/aromatic N) is 1. The van der Waals surface area contributed by atoms with E-state index >= 15 is 0 Å². The molecule has 2 rings (SSSR count). The van der Waals surface area contributed by atoms with Crippen LogP contribution in [0, 0.1) is 0 Å². The first-order valence-electron chi connectivity index (χ1n) is 5.54. The van der Waals surface area contributed by atoms with Gasteiger partial charge in [0.15, 0.2) is 0 Å². The van der Waals surface area contributed by atoms with E-state index in [4.69, 9.17) is 23.2 Å². The number of halogens is 2. The second-order valence-electron chi connectivity index (χ2n) is 3.77. The molecule has 0 bridgehead atoms. The molecule has 0 spiro atoms. The zero-order valence-electron chi connectivity index (χ0n) is 9.86. The molecule has 4 nitrogen and oxygen atoms in total. The number of benzene rings is 1. The fraction of sp³-hybridized carbons (Fsp3) is 0.0769. The normalized spacial score (nSPS) is 10.8. The van der Waals surface area contributed by atoms with Gasteiger partial charge in [-0.1, -0.05) is 35.3 Å². The molecule has 1 amide bonds. The van der Waals surface area contributed by atoms with Gasteiger partial charge >= 0.3 is 0 Å². The standard InChI is InChI=1S/C13H11Cl2N3O/c14-11-3-1-2-9(13(11)15)4-5-12(19)17-7-10-6-16-8-18-10/h1-6,8H,7H2,(H,16,18)(H,17,19). The van der Waals surface area contributed by atoms with Crippen LogP contribution >= 0.6 is 23.2 Å². The van der Waals surface area contributed by atoms with Gasteiger partial charge in [-0.3, -0.25) is 4.79 Å². The van der Waals surface area contributed by atoms with Crippen LogP contribution in [0.5, 0.6) is 0 Å². The Bertz CT molecular complexity index is 594. The zero-order valence-corrected chi connectivity index (χ0v) is 11.4. The highest BCUT2D eigenvalue weighted by atomic mass is 35.5. The Morgan fingerprint density at radius 2 is 2.26 bits per heavy atom. The van der Waals surface area contributed by atoms with E-state index in [0.717, 1.165) is 5.69 Å². The monoisotopic (exact) mass is 295 g/mol. The second-order valence-corrected chi connectivity index (χ2v) is 4.56.